The number of nitrogens with zero attached hydrogens (tertiary/aromatic N) is 2. The summed E-state index contributed by atoms with van der Waals surface area (Å²) in [5, 5.41) is 0. The van der Waals surface area contributed by atoms with E-state index in [0.717, 1.165) is 24.4 Å². The fourth-order valence-electron chi connectivity index (χ4n) is 3.09. The summed E-state index contributed by atoms with van der Waals surface area (Å²) in [6.07, 6.45) is 3.92. The zero-order valence-corrected chi connectivity index (χ0v) is 15.5. The molecule has 0 atom stereocenters. The Morgan fingerprint density at radius 3 is 2.44 bits per heavy atom. The molecule has 0 saturated carbocycles. The molecule has 0 fully saturated rings. The fraction of sp³-hybridized carbons (Fsp3) is 0.227. The molecule has 0 aliphatic rings. The highest BCUT2D eigenvalue weighted by Crippen LogP contribution is 2.17. The maximum absolute atomic E-state index is 12.5. The van der Waals surface area contributed by atoms with Crippen LogP contribution in [0.5, 0.6) is 0 Å². The van der Waals surface area contributed by atoms with Crippen LogP contribution in [0.1, 0.15) is 37.7 Å². The van der Waals surface area contributed by atoms with E-state index < -0.39 is 5.97 Å². The molecule has 0 radical (unpaired) electrons. The van der Waals surface area contributed by atoms with Gasteiger partial charge in [0.15, 0.2) is 6.61 Å². The molecule has 0 amide bonds. The molecule has 0 aliphatic carbocycles. The maximum Gasteiger partial charge on any atom is 0.338 e. The van der Waals surface area contributed by atoms with E-state index in [0.29, 0.717) is 11.1 Å². The number of esters is 1. The van der Waals surface area contributed by atoms with Gasteiger partial charge in [-0.15, -0.1) is 0 Å². The van der Waals surface area contributed by atoms with Crippen molar-refractivity contribution in [2.24, 2.45) is 0 Å². The molecule has 2 heterocycles. The van der Waals surface area contributed by atoms with E-state index in [-0.39, 0.29) is 12.4 Å². The van der Waals surface area contributed by atoms with Crippen molar-refractivity contribution in [2.45, 2.75) is 26.8 Å². The van der Waals surface area contributed by atoms with Crippen LogP contribution in [0.3, 0.4) is 0 Å². The number of rotatable bonds is 7. The predicted octanol–water partition coefficient (Wildman–Crippen LogP) is 3.78. The van der Waals surface area contributed by atoms with Crippen LogP contribution in [0.2, 0.25) is 0 Å². The Bertz CT molecular complexity index is 931. The molecule has 2 aromatic heterocycles. The Hall–Kier alpha value is -3.21. The lowest BCUT2D eigenvalue weighted by Crippen LogP contribution is -2.15. The SMILES string of the molecule is Cc1cc(C(=O)COC(=O)c2ccncc2)c(C)n1CCc1ccccc1. The van der Waals surface area contributed by atoms with E-state index in [1.807, 2.05) is 38.1 Å². The quantitative estimate of drug-likeness (QED) is 0.474. The molecule has 0 unspecified atom stereocenters. The van der Waals surface area contributed by atoms with Crippen molar-refractivity contribution in [1.29, 1.82) is 0 Å². The van der Waals surface area contributed by atoms with E-state index in [9.17, 15) is 9.59 Å². The van der Waals surface area contributed by atoms with Crippen LogP contribution in [-0.4, -0.2) is 27.9 Å². The number of hydrogen-bond donors (Lipinski definition) is 0. The first-order valence-corrected chi connectivity index (χ1v) is 8.87. The van der Waals surface area contributed by atoms with Crippen molar-refractivity contribution in [3.63, 3.8) is 0 Å². The van der Waals surface area contributed by atoms with E-state index in [1.165, 1.54) is 18.0 Å². The van der Waals surface area contributed by atoms with Crippen molar-refractivity contribution < 1.29 is 14.3 Å². The molecule has 3 rings (SSSR count). The Morgan fingerprint density at radius 1 is 1.04 bits per heavy atom. The Labute approximate surface area is 158 Å². The number of Topliss-reactive ketones (excluding diaryl/α,β-unsaturated/α-hetero) is 1. The Balaban J connectivity index is 1.64. The molecule has 138 valence electrons. The molecule has 0 saturated heterocycles. The smallest absolute Gasteiger partial charge is 0.338 e. The van der Waals surface area contributed by atoms with E-state index in [4.69, 9.17) is 4.74 Å². The van der Waals surface area contributed by atoms with Crippen molar-refractivity contribution in [1.82, 2.24) is 9.55 Å². The minimum atomic E-state index is -0.524. The zero-order valence-electron chi connectivity index (χ0n) is 15.5. The lowest BCUT2D eigenvalue weighted by atomic mass is 10.1. The molecule has 0 bridgehead atoms. The van der Waals surface area contributed by atoms with Gasteiger partial charge in [-0.2, -0.15) is 0 Å². The standard InChI is InChI=1S/C22H22N2O3/c1-16-14-20(17(2)24(16)13-10-18-6-4-3-5-7-18)21(25)15-27-22(26)19-8-11-23-12-9-19/h3-9,11-12,14H,10,13,15H2,1-2H3. The molecular formula is C22H22N2O3. The van der Waals surface area contributed by atoms with Crippen LogP contribution >= 0.6 is 0 Å². The third-order valence-electron chi connectivity index (χ3n) is 4.59. The normalized spacial score (nSPS) is 10.6. The van der Waals surface area contributed by atoms with Crippen molar-refractivity contribution in [3.8, 4) is 0 Å². The Kier molecular flexibility index (Phi) is 5.81. The first-order chi connectivity index (χ1) is 13.1. The molecule has 1 aromatic carbocycles. The highest BCUT2D eigenvalue weighted by molar-refractivity contribution is 6.00. The van der Waals surface area contributed by atoms with Gasteiger partial charge in [0.1, 0.15) is 0 Å². The fourth-order valence-corrected chi connectivity index (χ4v) is 3.09. The second-order valence-corrected chi connectivity index (χ2v) is 6.41. The van der Waals surface area contributed by atoms with Crippen LogP contribution in [-0.2, 0) is 17.7 Å². The third-order valence-corrected chi connectivity index (χ3v) is 4.59. The summed E-state index contributed by atoms with van der Waals surface area (Å²) >= 11 is 0. The number of aromatic nitrogens is 2. The van der Waals surface area contributed by atoms with Crippen molar-refractivity contribution in [3.05, 3.63) is 89.0 Å². The molecule has 0 aliphatic heterocycles. The van der Waals surface area contributed by atoms with Gasteiger partial charge in [0, 0.05) is 35.9 Å². The first-order valence-electron chi connectivity index (χ1n) is 8.87. The monoisotopic (exact) mass is 362 g/mol. The van der Waals surface area contributed by atoms with Crippen LogP contribution in [0.4, 0.5) is 0 Å². The van der Waals surface area contributed by atoms with Crippen molar-refractivity contribution >= 4 is 11.8 Å². The van der Waals surface area contributed by atoms with E-state index >= 15 is 0 Å². The van der Waals surface area contributed by atoms with Crippen LogP contribution in [0.25, 0.3) is 0 Å². The highest BCUT2D eigenvalue weighted by atomic mass is 16.5. The molecule has 3 aromatic rings. The largest absolute Gasteiger partial charge is 0.454 e. The number of aryl methyl sites for hydroxylation is 2. The van der Waals surface area contributed by atoms with Gasteiger partial charge < -0.3 is 9.30 Å². The van der Waals surface area contributed by atoms with Crippen LogP contribution in [0, 0.1) is 13.8 Å². The number of hydrogen-bond acceptors (Lipinski definition) is 4. The van der Waals surface area contributed by atoms with Gasteiger partial charge in [-0.25, -0.2) is 4.79 Å². The lowest BCUT2D eigenvalue weighted by molar-refractivity contribution is 0.0474. The molecule has 5 heteroatoms. The highest BCUT2D eigenvalue weighted by Gasteiger charge is 2.17. The predicted molar refractivity (Wildman–Crippen MR) is 103 cm³/mol. The second kappa shape index (κ2) is 8.45. The van der Waals surface area contributed by atoms with Crippen molar-refractivity contribution in [2.75, 3.05) is 6.61 Å². The van der Waals surface area contributed by atoms with Gasteiger partial charge in [-0.05, 0) is 44.0 Å². The number of carbonyl (C=O) groups is 2. The number of ketones is 1. The van der Waals surface area contributed by atoms with Gasteiger partial charge >= 0.3 is 5.97 Å². The first kappa shape index (κ1) is 18.6. The minimum Gasteiger partial charge on any atom is -0.454 e. The summed E-state index contributed by atoms with van der Waals surface area (Å²) in [6, 6.07) is 15.2. The summed E-state index contributed by atoms with van der Waals surface area (Å²) < 4.78 is 7.28. The number of ether oxygens (including phenoxy) is 1. The van der Waals surface area contributed by atoms with Crippen LogP contribution in [0.15, 0.2) is 60.9 Å². The van der Waals surface area contributed by atoms with Gasteiger partial charge in [-0.1, -0.05) is 30.3 Å². The molecular weight excluding hydrogens is 340 g/mol. The average molecular weight is 362 g/mol. The van der Waals surface area contributed by atoms with Crippen LogP contribution < -0.4 is 0 Å². The number of pyridine rings is 1. The topological polar surface area (TPSA) is 61.2 Å². The third kappa shape index (κ3) is 4.50. The van der Waals surface area contributed by atoms with Gasteiger partial charge in [0.05, 0.1) is 5.56 Å². The lowest BCUT2D eigenvalue weighted by Gasteiger charge is -2.10. The molecule has 27 heavy (non-hydrogen) atoms. The summed E-state index contributed by atoms with van der Waals surface area (Å²) in [6.45, 7) is 4.43. The van der Waals surface area contributed by atoms with Gasteiger partial charge in [-0.3, -0.25) is 9.78 Å². The van der Waals surface area contributed by atoms with Gasteiger partial charge in [0.2, 0.25) is 5.78 Å². The Morgan fingerprint density at radius 2 is 1.74 bits per heavy atom. The second-order valence-electron chi connectivity index (χ2n) is 6.41. The van der Waals surface area contributed by atoms with Gasteiger partial charge in [0.25, 0.3) is 0 Å². The molecule has 0 N–H and O–H groups in total. The number of carbonyl (C=O) groups excluding carboxylic acids is 2. The summed E-state index contributed by atoms with van der Waals surface area (Å²) in [4.78, 5) is 28.4. The zero-order chi connectivity index (χ0) is 19.2. The summed E-state index contributed by atoms with van der Waals surface area (Å²) in [5.41, 5.74) is 4.15. The maximum atomic E-state index is 12.5. The number of benzene rings is 1. The summed E-state index contributed by atoms with van der Waals surface area (Å²) in [5.74, 6) is -0.722. The molecule has 5 nitrogen and oxygen atoms in total. The van der Waals surface area contributed by atoms with E-state index in [2.05, 4.69) is 21.7 Å². The van der Waals surface area contributed by atoms with E-state index in [1.54, 1.807) is 12.1 Å². The average Bonchev–Trinajstić information content (AvgIpc) is 2.99. The molecule has 0 spiro atoms. The summed E-state index contributed by atoms with van der Waals surface area (Å²) in [7, 11) is 0. The minimum absolute atomic E-state index is 0.198.